The van der Waals surface area contributed by atoms with E-state index in [0.717, 1.165) is 12.0 Å². The van der Waals surface area contributed by atoms with Crippen molar-refractivity contribution in [3.63, 3.8) is 0 Å². The average Bonchev–Trinajstić information content (AvgIpc) is 2.67. The van der Waals surface area contributed by atoms with Crippen LogP contribution < -0.4 is 0 Å². The molecule has 0 bridgehead atoms. The number of rotatable bonds is 2. The number of benzene rings is 1. The molecule has 3 rings (SSSR count). The summed E-state index contributed by atoms with van der Waals surface area (Å²) in [6.45, 7) is 0. The van der Waals surface area contributed by atoms with Gasteiger partial charge in [-0.2, -0.15) is 0 Å². The highest BCUT2D eigenvalue weighted by Crippen LogP contribution is 2.46. The molecule has 1 aromatic rings. The minimum Gasteiger partial charge on any atom is -0.480 e. The third-order valence-corrected chi connectivity index (χ3v) is 5.90. The molecule has 1 N–H and O–H groups in total. The second-order valence-corrected chi connectivity index (χ2v) is 7.38. The Kier molecular flexibility index (Phi) is 4.20. The molecule has 1 aromatic carbocycles. The van der Waals surface area contributed by atoms with Crippen LogP contribution in [-0.4, -0.2) is 11.1 Å². The number of halogens is 2. The van der Waals surface area contributed by atoms with Gasteiger partial charge in [0.05, 0.1) is 0 Å². The number of carboxylic acid groups (broad SMARTS) is 1. The number of fused-ring (bicyclic) bond motifs is 1. The zero-order chi connectivity index (χ0) is 15.0. The van der Waals surface area contributed by atoms with E-state index < -0.39 is 10.8 Å². The van der Waals surface area contributed by atoms with Gasteiger partial charge in [-0.25, -0.2) is 4.79 Å². The third kappa shape index (κ3) is 2.68. The van der Waals surface area contributed by atoms with Crippen molar-refractivity contribution >= 4 is 29.2 Å². The van der Waals surface area contributed by atoms with Gasteiger partial charge in [-0.15, -0.1) is 11.6 Å². The van der Waals surface area contributed by atoms with Gasteiger partial charge in [-0.1, -0.05) is 43.4 Å². The normalized spacial score (nSPS) is 26.4. The van der Waals surface area contributed by atoms with Crippen LogP contribution in [0.5, 0.6) is 0 Å². The molecule has 0 aliphatic heterocycles. The number of hydrogen-bond acceptors (Lipinski definition) is 1. The molecule has 0 radical (unpaired) electrons. The molecule has 21 heavy (non-hydrogen) atoms. The van der Waals surface area contributed by atoms with Gasteiger partial charge in [-0.3, -0.25) is 0 Å². The summed E-state index contributed by atoms with van der Waals surface area (Å²) in [5.41, 5.74) is 2.96. The highest BCUT2D eigenvalue weighted by atomic mass is 35.5. The largest absolute Gasteiger partial charge is 0.480 e. The number of aryl methyl sites for hydroxylation is 1. The van der Waals surface area contributed by atoms with Crippen LogP contribution in [0, 0.1) is 0 Å². The van der Waals surface area contributed by atoms with Crippen LogP contribution >= 0.6 is 23.2 Å². The quantitative estimate of drug-likeness (QED) is 0.595. The SMILES string of the molecule is O=C(O)C1(Cl)CCc2cc(C3CCCCCC3)c(Cl)cc21. The summed E-state index contributed by atoms with van der Waals surface area (Å²) in [6.07, 6.45) is 8.67. The van der Waals surface area contributed by atoms with Crippen molar-refractivity contribution in [1.29, 1.82) is 0 Å². The lowest BCUT2D eigenvalue weighted by molar-refractivity contribution is -0.140. The van der Waals surface area contributed by atoms with Crippen LogP contribution in [0.3, 0.4) is 0 Å². The predicted octanol–water partition coefficient (Wildman–Crippen LogP) is 5.24. The van der Waals surface area contributed by atoms with Crippen molar-refractivity contribution in [2.24, 2.45) is 0 Å². The van der Waals surface area contributed by atoms with E-state index in [0.29, 0.717) is 22.9 Å². The first-order valence-corrected chi connectivity index (χ1v) is 8.53. The predicted molar refractivity (Wildman–Crippen MR) is 85.4 cm³/mol. The van der Waals surface area contributed by atoms with E-state index in [4.69, 9.17) is 23.2 Å². The summed E-state index contributed by atoms with van der Waals surface area (Å²) in [7, 11) is 0. The summed E-state index contributed by atoms with van der Waals surface area (Å²) in [5.74, 6) is -0.457. The topological polar surface area (TPSA) is 37.3 Å². The van der Waals surface area contributed by atoms with Gasteiger partial charge in [0.25, 0.3) is 0 Å². The van der Waals surface area contributed by atoms with Gasteiger partial charge in [0.15, 0.2) is 4.87 Å². The number of carboxylic acids is 1. The van der Waals surface area contributed by atoms with E-state index in [1.54, 1.807) is 0 Å². The number of hydrogen-bond donors (Lipinski definition) is 1. The molecular formula is C17H20Cl2O2. The Labute approximate surface area is 135 Å². The van der Waals surface area contributed by atoms with E-state index in [-0.39, 0.29) is 0 Å². The van der Waals surface area contributed by atoms with Gasteiger partial charge >= 0.3 is 5.97 Å². The maximum atomic E-state index is 11.5. The molecule has 0 aromatic heterocycles. The minimum atomic E-state index is -1.29. The first kappa shape index (κ1) is 15.2. The van der Waals surface area contributed by atoms with E-state index in [9.17, 15) is 9.90 Å². The fourth-order valence-electron chi connectivity index (χ4n) is 3.78. The molecule has 0 amide bonds. The molecule has 1 fully saturated rings. The Morgan fingerprint density at radius 1 is 1.19 bits per heavy atom. The Morgan fingerprint density at radius 2 is 1.86 bits per heavy atom. The Morgan fingerprint density at radius 3 is 2.48 bits per heavy atom. The van der Waals surface area contributed by atoms with Crippen molar-refractivity contribution in [3.8, 4) is 0 Å². The van der Waals surface area contributed by atoms with Crippen LogP contribution in [0.15, 0.2) is 12.1 Å². The van der Waals surface area contributed by atoms with Crippen LogP contribution in [0.2, 0.25) is 5.02 Å². The number of alkyl halides is 1. The fourth-order valence-corrected chi connectivity index (χ4v) is 4.37. The summed E-state index contributed by atoms with van der Waals surface area (Å²) in [6, 6.07) is 3.94. The van der Waals surface area contributed by atoms with Crippen molar-refractivity contribution in [2.75, 3.05) is 0 Å². The summed E-state index contributed by atoms with van der Waals surface area (Å²) < 4.78 is 0. The lowest BCUT2D eigenvalue weighted by Crippen LogP contribution is -2.26. The summed E-state index contributed by atoms with van der Waals surface area (Å²) >= 11 is 12.8. The van der Waals surface area contributed by atoms with Gasteiger partial charge in [0.2, 0.25) is 0 Å². The van der Waals surface area contributed by atoms with E-state index >= 15 is 0 Å². The first-order valence-electron chi connectivity index (χ1n) is 7.77. The molecule has 114 valence electrons. The maximum absolute atomic E-state index is 11.5. The standard InChI is InChI=1S/C17H20Cl2O2/c18-15-10-14-12(7-8-17(14,19)16(20)21)9-13(15)11-5-3-1-2-4-6-11/h9-11H,1-8H2,(H,20,21). The molecule has 4 heteroatoms. The zero-order valence-electron chi connectivity index (χ0n) is 12.0. The van der Waals surface area contributed by atoms with Gasteiger partial charge in [0.1, 0.15) is 0 Å². The van der Waals surface area contributed by atoms with Crippen LogP contribution in [0.1, 0.15) is 67.6 Å². The third-order valence-electron chi connectivity index (χ3n) is 5.02. The lowest BCUT2D eigenvalue weighted by atomic mass is 9.89. The molecular weight excluding hydrogens is 307 g/mol. The molecule has 0 saturated heterocycles. The minimum absolute atomic E-state index is 0.448. The molecule has 2 aliphatic rings. The molecule has 2 nitrogen and oxygen atoms in total. The molecule has 0 spiro atoms. The molecule has 1 saturated carbocycles. The monoisotopic (exact) mass is 326 g/mol. The van der Waals surface area contributed by atoms with Gasteiger partial charge in [0, 0.05) is 5.02 Å². The van der Waals surface area contributed by atoms with Crippen LogP contribution in [0.4, 0.5) is 0 Å². The molecule has 1 unspecified atom stereocenters. The average molecular weight is 327 g/mol. The Balaban J connectivity index is 1.98. The highest BCUT2D eigenvalue weighted by molar-refractivity contribution is 6.35. The number of carbonyl (C=O) groups is 1. The van der Waals surface area contributed by atoms with Crippen molar-refractivity contribution < 1.29 is 9.90 Å². The second-order valence-electron chi connectivity index (χ2n) is 6.33. The second kappa shape index (κ2) is 5.81. The zero-order valence-corrected chi connectivity index (χ0v) is 13.5. The lowest BCUT2D eigenvalue weighted by Gasteiger charge is -2.21. The maximum Gasteiger partial charge on any atom is 0.329 e. The van der Waals surface area contributed by atoms with Gasteiger partial charge in [-0.05, 0) is 54.4 Å². The highest BCUT2D eigenvalue weighted by Gasteiger charge is 2.44. The molecule has 2 aliphatic carbocycles. The van der Waals surface area contributed by atoms with Crippen LogP contribution in [-0.2, 0) is 16.1 Å². The van der Waals surface area contributed by atoms with Crippen molar-refractivity contribution in [2.45, 2.75) is 62.2 Å². The molecule has 1 atom stereocenters. The Hall–Kier alpha value is -0.730. The number of aliphatic carboxylic acids is 1. The van der Waals surface area contributed by atoms with Crippen LogP contribution in [0.25, 0.3) is 0 Å². The van der Waals surface area contributed by atoms with E-state index in [1.165, 1.54) is 44.1 Å². The first-order chi connectivity index (χ1) is 10.0. The van der Waals surface area contributed by atoms with E-state index in [2.05, 4.69) is 6.07 Å². The summed E-state index contributed by atoms with van der Waals surface area (Å²) in [4.78, 5) is 10.2. The van der Waals surface area contributed by atoms with Crippen molar-refractivity contribution in [1.82, 2.24) is 0 Å². The smallest absolute Gasteiger partial charge is 0.329 e. The Bertz CT molecular complexity index is 562. The summed E-state index contributed by atoms with van der Waals surface area (Å²) in [5, 5.41) is 10.1. The van der Waals surface area contributed by atoms with Gasteiger partial charge < -0.3 is 5.11 Å². The molecule has 0 heterocycles. The fraction of sp³-hybridized carbons (Fsp3) is 0.588. The van der Waals surface area contributed by atoms with Crippen molar-refractivity contribution in [3.05, 3.63) is 33.8 Å². The van der Waals surface area contributed by atoms with E-state index in [1.807, 2.05) is 6.07 Å².